The van der Waals surface area contributed by atoms with E-state index in [-0.39, 0.29) is 19.4 Å². The maximum absolute atomic E-state index is 12.3. The number of benzene rings is 1. The maximum atomic E-state index is 12.3. The second kappa shape index (κ2) is 7.50. The lowest BCUT2D eigenvalue weighted by Gasteiger charge is -2.29. The Morgan fingerprint density at radius 3 is 2.56 bits per heavy atom. The number of piperidine rings is 1. The molecule has 2 heterocycles. The summed E-state index contributed by atoms with van der Waals surface area (Å²) >= 11 is 0. The third kappa shape index (κ3) is 4.53. The Balaban J connectivity index is 1.55. The summed E-state index contributed by atoms with van der Waals surface area (Å²) in [6.45, 7) is 0.0738. The topological polar surface area (TPSA) is 145 Å². The number of hydrazine groups is 1. The van der Waals surface area contributed by atoms with Crippen LogP contribution in [0.15, 0.2) is 30.3 Å². The summed E-state index contributed by atoms with van der Waals surface area (Å²) in [5, 5.41) is 0.552. The van der Waals surface area contributed by atoms with Crippen molar-refractivity contribution >= 4 is 28.2 Å². The van der Waals surface area contributed by atoms with Gasteiger partial charge in [0.2, 0.25) is 5.91 Å². The third-order valence-electron chi connectivity index (χ3n) is 4.33. The van der Waals surface area contributed by atoms with E-state index < -0.39 is 40.3 Å². The Hall–Kier alpha value is -2.70. The molecule has 0 spiro atoms. The Morgan fingerprint density at radius 2 is 1.89 bits per heavy atom. The molecule has 3 N–H and O–H groups in total. The number of hydrogen-bond donors (Lipinski definition) is 3. The molecule has 1 unspecified atom stereocenters. The molecule has 0 radical (unpaired) electrons. The number of amides is 4. The quantitative estimate of drug-likeness (QED) is 0.443. The normalized spacial score (nSPS) is 21.9. The van der Waals surface area contributed by atoms with E-state index in [1.54, 1.807) is 24.3 Å². The summed E-state index contributed by atoms with van der Waals surface area (Å²) in [5.74, 6) is -1.02. The molecule has 0 aliphatic carbocycles. The summed E-state index contributed by atoms with van der Waals surface area (Å²) in [7, 11) is -4.85. The van der Waals surface area contributed by atoms with Crippen LogP contribution in [0.25, 0.3) is 0 Å². The molecule has 2 fully saturated rings. The minimum Gasteiger partial charge on any atom is -0.309 e. The number of carbonyl (C=O) groups excluding carboxylic acids is 3. The van der Waals surface area contributed by atoms with Crippen LogP contribution in [-0.2, 0) is 30.7 Å². The highest BCUT2D eigenvalue weighted by Crippen LogP contribution is 2.30. The number of urea groups is 1. The van der Waals surface area contributed by atoms with Gasteiger partial charge in [-0.25, -0.2) is 4.79 Å². The average molecular weight is 398 g/mol. The maximum Gasteiger partial charge on any atom is 0.418 e. The van der Waals surface area contributed by atoms with Gasteiger partial charge in [-0.15, -0.1) is 4.28 Å². The fraction of sp³-hybridized carbons (Fsp3) is 0.400. The largest absolute Gasteiger partial charge is 0.418 e. The first-order valence-corrected chi connectivity index (χ1v) is 9.50. The molecule has 2 saturated heterocycles. The number of hydrogen-bond acceptors (Lipinski definition) is 6. The monoisotopic (exact) mass is 398 g/mol. The molecule has 2 aliphatic rings. The molecule has 3 rings (SSSR count). The van der Waals surface area contributed by atoms with E-state index in [9.17, 15) is 22.8 Å². The standard InChI is InChI=1S/C15H18N4O7S/c20-13(8-10-4-2-1-3-5-10)16-17-14(21)12-7-6-11-9-18(12)15(22)19(11)26-27(23,24)25/h1-5,11-12H,6-9H2,(H,16,20)(H,17,21)(H,23,24,25)/t11?,12-/m0/s1. The van der Waals surface area contributed by atoms with Gasteiger partial charge in [-0.05, 0) is 18.4 Å². The lowest BCUT2D eigenvalue weighted by molar-refractivity contribution is -0.131. The van der Waals surface area contributed by atoms with Crippen molar-refractivity contribution in [2.75, 3.05) is 6.54 Å². The number of nitrogens with one attached hydrogen (secondary N) is 2. The van der Waals surface area contributed by atoms with Crippen molar-refractivity contribution in [3.05, 3.63) is 35.9 Å². The highest BCUT2D eigenvalue weighted by Gasteiger charge is 2.49. The summed E-state index contributed by atoms with van der Waals surface area (Å²) in [6, 6.07) is 6.63. The Bertz CT molecular complexity index is 845. The zero-order valence-electron chi connectivity index (χ0n) is 14.1. The van der Waals surface area contributed by atoms with Gasteiger partial charge in [0.15, 0.2) is 0 Å². The predicted molar refractivity (Wildman–Crippen MR) is 89.8 cm³/mol. The number of hydroxylamine groups is 2. The van der Waals surface area contributed by atoms with Crippen molar-refractivity contribution in [2.45, 2.75) is 31.3 Å². The van der Waals surface area contributed by atoms with E-state index in [0.717, 1.165) is 10.5 Å². The van der Waals surface area contributed by atoms with Gasteiger partial charge in [0.1, 0.15) is 6.04 Å². The zero-order chi connectivity index (χ0) is 19.6. The van der Waals surface area contributed by atoms with Crippen LogP contribution < -0.4 is 10.9 Å². The molecule has 146 valence electrons. The molecular formula is C15H18N4O7S. The van der Waals surface area contributed by atoms with Crippen LogP contribution in [0.1, 0.15) is 18.4 Å². The first-order chi connectivity index (χ1) is 12.7. The minimum absolute atomic E-state index is 0.0738. The van der Waals surface area contributed by atoms with Crippen molar-refractivity contribution in [2.24, 2.45) is 0 Å². The van der Waals surface area contributed by atoms with Crippen LogP contribution in [0.4, 0.5) is 4.79 Å². The van der Waals surface area contributed by atoms with Crippen molar-refractivity contribution in [3.63, 3.8) is 0 Å². The SMILES string of the molecule is O=C(Cc1ccccc1)NNC(=O)[C@@H]1CCC2CN1C(=O)N2OS(=O)(=O)O. The van der Waals surface area contributed by atoms with Gasteiger partial charge >= 0.3 is 16.4 Å². The molecule has 2 aliphatic heterocycles. The summed E-state index contributed by atoms with van der Waals surface area (Å²) in [5.41, 5.74) is 5.35. The number of fused-ring (bicyclic) bond motifs is 2. The first kappa shape index (κ1) is 19.1. The van der Waals surface area contributed by atoms with E-state index >= 15 is 0 Å². The summed E-state index contributed by atoms with van der Waals surface area (Å²) in [4.78, 5) is 37.6. The van der Waals surface area contributed by atoms with Crippen LogP contribution >= 0.6 is 0 Å². The fourth-order valence-electron chi connectivity index (χ4n) is 3.14. The molecule has 2 bridgehead atoms. The highest BCUT2D eigenvalue weighted by molar-refractivity contribution is 7.80. The first-order valence-electron chi connectivity index (χ1n) is 8.14. The van der Waals surface area contributed by atoms with Gasteiger partial charge < -0.3 is 4.90 Å². The zero-order valence-corrected chi connectivity index (χ0v) is 14.9. The van der Waals surface area contributed by atoms with Crippen LogP contribution in [0.2, 0.25) is 0 Å². The average Bonchev–Trinajstić information content (AvgIpc) is 2.84. The second-order valence-electron chi connectivity index (χ2n) is 6.21. The Morgan fingerprint density at radius 1 is 1.19 bits per heavy atom. The van der Waals surface area contributed by atoms with Crippen molar-refractivity contribution in [1.82, 2.24) is 20.8 Å². The molecule has 1 aromatic carbocycles. The van der Waals surface area contributed by atoms with E-state index in [0.29, 0.717) is 11.5 Å². The number of rotatable bonds is 5. The molecule has 0 saturated carbocycles. The Kier molecular flexibility index (Phi) is 5.30. The number of carbonyl (C=O) groups is 3. The Labute approximate surface area is 155 Å². The van der Waals surface area contributed by atoms with Crippen molar-refractivity contribution in [1.29, 1.82) is 0 Å². The van der Waals surface area contributed by atoms with E-state index in [1.165, 1.54) is 0 Å². The molecule has 2 atom stereocenters. The molecule has 0 aromatic heterocycles. The van der Waals surface area contributed by atoms with E-state index in [1.807, 2.05) is 6.07 Å². The van der Waals surface area contributed by atoms with Crippen LogP contribution in [-0.4, -0.2) is 59.4 Å². The summed E-state index contributed by atoms with van der Waals surface area (Å²) in [6.07, 6.45) is 0.627. The van der Waals surface area contributed by atoms with Gasteiger partial charge in [0, 0.05) is 6.54 Å². The van der Waals surface area contributed by atoms with E-state index in [4.69, 9.17) is 4.55 Å². The highest BCUT2D eigenvalue weighted by atomic mass is 32.3. The molecule has 12 heteroatoms. The van der Waals surface area contributed by atoms with Gasteiger partial charge in [-0.3, -0.25) is 25.0 Å². The second-order valence-corrected chi connectivity index (χ2v) is 7.21. The summed E-state index contributed by atoms with van der Waals surface area (Å²) < 4.78 is 34.8. The molecule has 27 heavy (non-hydrogen) atoms. The van der Waals surface area contributed by atoms with Gasteiger partial charge in [0.25, 0.3) is 5.91 Å². The minimum atomic E-state index is -4.85. The van der Waals surface area contributed by atoms with Crippen molar-refractivity contribution < 1.29 is 31.6 Å². The lowest BCUT2D eigenvalue weighted by atomic mass is 10.0. The third-order valence-corrected chi connectivity index (χ3v) is 4.68. The molecule has 11 nitrogen and oxygen atoms in total. The van der Waals surface area contributed by atoms with Crippen molar-refractivity contribution in [3.8, 4) is 0 Å². The van der Waals surface area contributed by atoms with Gasteiger partial charge in [0.05, 0.1) is 12.5 Å². The van der Waals surface area contributed by atoms with Crippen LogP contribution in [0, 0.1) is 0 Å². The molecule has 1 aromatic rings. The lowest BCUT2D eigenvalue weighted by Crippen LogP contribution is -2.54. The van der Waals surface area contributed by atoms with E-state index in [2.05, 4.69) is 15.1 Å². The predicted octanol–water partition coefficient (Wildman–Crippen LogP) is -0.620. The number of nitrogens with zero attached hydrogens (tertiary/aromatic N) is 2. The fourth-order valence-corrected chi connectivity index (χ4v) is 3.53. The molecular weight excluding hydrogens is 380 g/mol. The van der Waals surface area contributed by atoms with Gasteiger partial charge in [-0.2, -0.15) is 13.5 Å². The smallest absolute Gasteiger partial charge is 0.309 e. The van der Waals surface area contributed by atoms with Gasteiger partial charge in [-0.1, -0.05) is 30.3 Å². The van der Waals surface area contributed by atoms with Crippen LogP contribution in [0.5, 0.6) is 0 Å². The molecule has 4 amide bonds. The van der Waals surface area contributed by atoms with Crippen LogP contribution in [0.3, 0.4) is 0 Å².